The van der Waals surface area contributed by atoms with Crippen LogP contribution in [0.4, 0.5) is 0 Å². The Kier molecular flexibility index (Phi) is 7.35. The third-order valence-electron chi connectivity index (χ3n) is 3.52. The second-order valence-corrected chi connectivity index (χ2v) is 6.42. The maximum Gasteiger partial charge on any atom is 0.240 e. The number of hydrogen-bond acceptors (Lipinski definition) is 3. The SMILES string of the molecule is C/C(=N\NC(=O)CCC(=O)NCc1ccccc1)c1ccc(Br)cc1. The maximum atomic E-state index is 11.8. The average Bonchev–Trinajstić information content (AvgIpc) is 2.64. The van der Waals surface area contributed by atoms with Crippen LogP contribution in [0.15, 0.2) is 64.2 Å². The van der Waals surface area contributed by atoms with Crippen molar-refractivity contribution in [3.63, 3.8) is 0 Å². The number of halogens is 1. The van der Waals surface area contributed by atoms with Gasteiger partial charge in [0.1, 0.15) is 0 Å². The van der Waals surface area contributed by atoms with Crippen molar-refractivity contribution in [3.8, 4) is 0 Å². The van der Waals surface area contributed by atoms with Crippen molar-refractivity contribution in [1.82, 2.24) is 10.7 Å². The number of hydrogen-bond donors (Lipinski definition) is 2. The molecule has 0 heterocycles. The molecule has 5 nitrogen and oxygen atoms in total. The Balaban J connectivity index is 1.71. The Morgan fingerprint density at radius 2 is 1.60 bits per heavy atom. The topological polar surface area (TPSA) is 70.6 Å². The van der Waals surface area contributed by atoms with E-state index < -0.39 is 0 Å². The molecule has 0 unspecified atom stereocenters. The monoisotopic (exact) mass is 401 g/mol. The van der Waals surface area contributed by atoms with Crippen molar-refractivity contribution >= 4 is 33.5 Å². The van der Waals surface area contributed by atoms with Crippen LogP contribution >= 0.6 is 15.9 Å². The number of rotatable bonds is 7. The number of benzene rings is 2. The van der Waals surface area contributed by atoms with Gasteiger partial charge in [-0.15, -0.1) is 0 Å². The van der Waals surface area contributed by atoms with Gasteiger partial charge in [-0.3, -0.25) is 9.59 Å². The van der Waals surface area contributed by atoms with Crippen LogP contribution in [0.1, 0.15) is 30.9 Å². The predicted molar refractivity (Wildman–Crippen MR) is 102 cm³/mol. The minimum atomic E-state index is -0.286. The highest BCUT2D eigenvalue weighted by atomic mass is 79.9. The maximum absolute atomic E-state index is 11.8. The molecular formula is C19H20BrN3O2. The molecule has 0 aliphatic rings. The van der Waals surface area contributed by atoms with Crippen LogP contribution in [0, 0.1) is 0 Å². The zero-order valence-corrected chi connectivity index (χ0v) is 15.5. The van der Waals surface area contributed by atoms with Gasteiger partial charge < -0.3 is 5.32 Å². The third-order valence-corrected chi connectivity index (χ3v) is 4.05. The fourth-order valence-electron chi connectivity index (χ4n) is 2.07. The van der Waals surface area contributed by atoms with Crippen LogP contribution in [0.2, 0.25) is 0 Å². The van der Waals surface area contributed by atoms with Gasteiger partial charge in [-0.25, -0.2) is 5.43 Å². The summed E-state index contributed by atoms with van der Waals surface area (Å²) < 4.78 is 0.981. The van der Waals surface area contributed by atoms with Crippen molar-refractivity contribution in [2.24, 2.45) is 5.10 Å². The molecule has 0 spiro atoms. The first-order valence-corrected chi connectivity index (χ1v) is 8.73. The Morgan fingerprint density at radius 3 is 2.28 bits per heavy atom. The highest BCUT2D eigenvalue weighted by Gasteiger charge is 2.06. The van der Waals surface area contributed by atoms with E-state index in [2.05, 4.69) is 31.8 Å². The number of nitrogens with zero attached hydrogens (tertiary/aromatic N) is 1. The van der Waals surface area contributed by atoms with Crippen LogP contribution < -0.4 is 10.7 Å². The van der Waals surface area contributed by atoms with Crippen molar-refractivity contribution < 1.29 is 9.59 Å². The quantitative estimate of drug-likeness (QED) is 0.551. The number of carbonyl (C=O) groups is 2. The van der Waals surface area contributed by atoms with Gasteiger partial charge in [0.25, 0.3) is 0 Å². The summed E-state index contributed by atoms with van der Waals surface area (Å²) in [4.78, 5) is 23.6. The van der Waals surface area contributed by atoms with E-state index in [-0.39, 0.29) is 24.7 Å². The molecule has 2 N–H and O–H groups in total. The molecule has 2 aromatic rings. The van der Waals surface area contributed by atoms with Crippen molar-refractivity contribution in [2.75, 3.05) is 0 Å². The smallest absolute Gasteiger partial charge is 0.240 e. The summed E-state index contributed by atoms with van der Waals surface area (Å²) in [6.45, 7) is 2.28. The molecular weight excluding hydrogens is 382 g/mol. The summed E-state index contributed by atoms with van der Waals surface area (Å²) in [5.41, 5.74) is 5.13. The molecule has 0 aromatic heterocycles. The predicted octanol–water partition coefficient (Wildman–Crippen LogP) is 3.39. The van der Waals surface area contributed by atoms with E-state index >= 15 is 0 Å². The first kappa shape index (κ1) is 18.9. The fraction of sp³-hybridized carbons (Fsp3) is 0.211. The van der Waals surface area contributed by atoms with Crippen LogP contribution in [0.3, 0.4) is 0 Å². The van der Waals surface area contributed by atoms with Crippen molar-refractivity contribution in [3.05, 3.63) is 70.2 Å². The molecule has 2 aromatic carbocycles. The zero-order chi connectivity index (χ0) is 18.1. The van der Waals surface area contributed by atoms with Gasteiger partial charge >= 0.3 is 0 Å². The first-order chi connectivity index (χ1) is 12.0. The van der Waals surface area contributed by atoms with Gasteiger partial charge in [0.15, 0.2) is 0 Å². The fourth-order valence-corrected chi connectivity index (χ4v) is 2.33. The molecule has 0 aliphatic carbocycles. The van der Waals surface area contributed by atoms with Gasteiger partial charge in [0, 0.05) is 23.9 Å². The third kappa shape index (κ3) is 6.89. The molecule has 25 heavy (non-hydrogen) atoms. The van der Waals surface area contributed by atoms with E-state index in [1.165, 1.54) is 0 Å². The van der Waals surface area contributed by atoms with Crippen LogP contribution in [-0.4, -0.2) is 17.5 Å². The summed E-state index contributed by atoms with van der Waals surface area (Å²) in [7, 11) is 0. The summed E-state index contributed by atoms with van der Waals surface area (Å²) in [5.74, 6) is -0.445. The number of nitrogens with one attached hydrogen (secondary N) is 2. The first-order valence-electron chi connectivity index (χ1n) is 7.94. The summed E-state index contributed by atoms with van der Waals surface area (Å²) in [6.07, 6.45) is 0.225. The summed E-state index contributed by atoms with van der Waals surface area (Å²) in [5, 5.41) is 6.86. The van der Waals surface area contributed by atoms with E-state index in [0.717, 1.165) is 15.6 Å². The Hall–Kier alpha value is -2.47. The van der Waals surface area contributed by atoms with E-state index in [1.807, 2.05) is 61.5 Å². The molecule has 0 aliphatic heterocycles. The molecule has 2 amide bonds. The van der Waals surface area contributed by atoms with Gasteiger partial charge in [-0.05, 0) is 30.2 Å². The Labute approximate surface area is 155 Å². The standard InChI is InChI=1S/C19H20BrN3O2/c1-14(16-7-9-17(20)10-8-16)22-23-19(25)12-11-18(24)21-13-15-5-3-2-4-6-15/h2-10H,11-13H2,1H3,(H,21,24)(H,23,25)/b22-14+. The molecule has 0 fully saturated rings. The van der Waals surface area contributed by atoms with Gasteiger partial charge in [-0.1, -0.05) is 58.4 Å². The molecule has 130 valence electrons. The van der Waals surface area contributed by atoms with Gasteiger partial charge in [0.05, 0.1) is 5.71 Å². The normalized spacial score (nSPS) is 11.0. The molecule has 0 saturated heterocycles. The molecule has 0 bridgehead atoms. The van der Waals surface area contributed by atoms with E-state index in [4.69, 9.17) is 0 Å². The van der Waals surface area contributed by atoms with E-state index in [9.17, 15) is 9.59 Å². The lowest BCUT2D eigenvalue weighted by atomic mass is 10.1. The second-order valence-electron chi connectivity index (χ2n) is 5.50. The van der Waals surface area contributed by atoms with Crippen LogP contribution in [-0.2, 0) is 16.1 Å². The number of carbonyl (C=O) groups excluding carboxylic acids is 2. The number of amides is 2. The zero-order valence-electron chi connectivity index (χ0n) is 14.0. The van der Waals surface area contributed by atoms with Crippen LogP contribution in [0.5, 0.6) is 0 Å². The lowest BCUT2D eigenvalue weighted by Gasteiger charge is -2.05. The molecule has 0 saturated carbocycles. The molecule has 0 atom stereocenters. The Morgan fingerprint density at radius 1 is 0.960 bits per heavy atom. The highest BCUT2D eigenvalue weighted by Crippen LogP contribution is 2.11. The molecule has 2 rings (SSSR count). The Bertz CT molecular complexity index is 743. The van der Waals surface area contributed by atoms with E-state index in [0.29, 0.717) is 12.3 Å². The van der Waals surface area contributed by atoms with E-state index in [1.54, 1.807) is 0 Å². The van der Waals surface area contributed by atoms with Crippen molar-refractivity contribution in [2.45, 2.75) is 26.3 Å². The molecule has 0 radical (unpaired) electrons. The van der Waals surface area contributed by atoms with Crippen molar-refractivity contribution in [1.29, 1.82) is 0 Å². The summed E-state index contributed by atoms with van der Waals surface area (Å²) >= 11 is 3.37. The minimum absolute atomic E-state index is 0.0950. The van der Waals surface area contributed by atoms with Gasteiger partial charge in [-0.2, -0.15) is 5.10 Å². The van der Waals surface area contributed by atoms with Gasteiger partial charge in [0.2, 0.25) is 11.8 Å². The lowest BCUT2D eigenvalue weighted by Crippen LogP contribution is -2.26. The highest BCUT2D eigenvalue weighted by molar-refractivity contribution is 9.10. The molecule has 6 heteroatoms. The number of hydrazone groups is 1. The second kappa shape index (κ2) is 9.74. The minimum Gasteiger partial charge on any atom is -0.352 e. The largest absolute Gasteiger partial charge is 0.352 e. The summed E-state index contributed by atoms with van der Waals surface area (Å²) in [6, 6.07) is 17.3. The average molecular weight is 402 g/mol. The van der Waals surface area contributed by atoms with Crippen LogP contribution in [0.25, 0.3) is 0 Å². The lowest BCUT2D eigenvalue weighted by molar-refractivity contribution is -0.126.